The maximum absolute atomic E-state index is 11.7. The summed E-state index contributed by atoms with van der Waals surface area (Å²) in [6.45, 7) is 1.63. The van der Waals surface area contributed by atoms with Gasteiger partial charge in [-0.2, -0.15) is 0 Å². The first-order chi connectivity index (χ1) is 8.54. The molecule has 4 N–H and O–H groups in total. The summed E-state index contributed by atoms with van der Waals surface area (Å²) < 4.78 is 0. The van der Waals surface area contributed by atoms with Crippen molar-refractivity contribution in [3.05, 3.63) is 35.9 Å². The Morgan fingerprint density at radius 2 is 1.89 bits per heavy atom. The van der Waals surface area contributed by atoms with Crippen LogP contribution in [0.3, 0.4) is 0 Å². The van der Waals surface area contributed by atoms with E-state index in [1.807, 2.05) is 30.3 Å². The minimum atomic E-state index is -0.550. The quantitative estimate of drug-likeness (QED) is 0.703. The van der Waals surface area contributed by atoms with Gasteiger partial charge >= 0.3 is 0 Å². The van der Waals surface area contributed by atoms with Gasteiger partial charge in [0.1, 0.15) is 6.04 Å². The summed E-state index contributed by atoms with van der Waals surface area (Å²) in [4.78, 5) is 22.9. The Hall–Kier alpha value is -1.88. The summed E-state index contributed by atoms with van der Waals surface area (Å²) in [5.41, 5.74) is 6.82. The van der Waals surface area contributed by atoms with Gasteiger partial charge in [-0.1, -0.05) is 30.3 Å². The third kappa shape index (κ3) is 4.18. The molecule has 1 aromatic carbocycles. The maximum atomic E-state index is 11.7. The standard InChI is InChI=1S/C13H19N3O2/c1-9(13(18)15-2)16-12(17)8-11(14)10-6-4-3-5-7-10/h3-7,9,11H,8,14H2,1-2H3,(H,15,18)(H,16,17). The number of nitrogens with two attached hydrogens (primary N) is 1. The van der Waals surface area contributed by atoms with Crippen molar-refractivity contribution in [3.8, 4) is 0 Å². The highest BCUT2D eigenvalue weighted by atomic mass is 16.2. The lowest BCUT2D eigenvalue weighted by atomic mass is 10.0. The van der Waals surface area contributed by atoms with E-state index in [0.717, 1.165) is 5.56 Å². The Balaban J connectivity index is 2.48. The number of hydrogen-bond acceptors (Lipinski definition) is 3. The third-order valence-corrected chi connectivity index (χ3v) is 2.65. The van der Waals surface area contributed by atoms with Gasteiger partial charge in [-0.15, -0.1) is 0 Å². The van der Waals surface area contributed by atoms with Crippen molar-refractivity contribution < 1.29 is 9.59 Å². The predicted molar refractivity (Wildman–Crippen MR) is 69.7 cm³/mol. The summed E-state index contributed by atoms with van der Waals surface area (Å²) in [5, 5.41) is 5.07. The molecule has 0 saturated carbocycles. The number of hydrogen-bond donors (Lipinski definition) is 3. The van der Waals surface area contributed by atoms with Crippen LogP contribution in [0.15, 0.2) is 30.3 Å². The molecule has 2 amide bonds. The first-order valence-electron chi connectivity index (χ1n) is 5.86. The predicted octanol–water partition coefficient (Wildman–Crippen LogP) is 0.327. The van der Waals surface area contributed by atoms with Crippen LogP contribution in [0.4, 0.5) is 0 Å². The third-order valence-electron chi connectivity index (χ3n) is 2.65. The summed E-state index contributed by atoms with van der Waals surface area (Å²) in [6, 6.07) is 8.48. The molecular weight excluding hydrogens is 230 g/mol. The second-order valence-corrected chi connectivity index (χ2v) is 4.12. The molecule has 0 radical (unpaired) electrons. The van der Waals surface area contributed by atoms with Gasteiger partial charge in [0, 0.05) is 19.5 Å². The van der Waals surface area contributed by atoms with Crippen molar-refractivity contribution in [1.29, 1.82) is 0 Å². The minimum Gasteiger partial charge on any atom is -0.357 e. The van der Waals surface area contributed by atoms with Crippen molar-refractivity contribution >= 4 is 11.8 Å². The van der Waals surface area contributed by atoms with Crippen molar-refractivity contribution in [2.75, 3.05) is 7.05 Å². The summed E-state index contributed by atoms with van der Waals surface area (Å²) in [7, 11) is 1.53. The van der Waals surface area contributed by atoms with Crippen LogP contribution in [0, 0.1) is 0 Å². The van der Waals surface area contributed by atoms with Gasteiger partial charge in [0.2, 0.25) is 11.8 Å². The van der Waals surface area contributed by atoms with E-state index >= 15 is 0 Å². The largest absolute Gasteiger partial charge is 0.357 e. The Morgan fingerprint density at radius 3 is 2.44 bits per heavy atom. The Bertz CT molecular complexity index is 406. The molecule has 98 valence electrons. The fourth-order valence-corrected chi connectivity index (χ4v) is 1.60. The van der Waals surface area contributed by atoms with E-state index in [1.54, 1.807) is 6.92 Å². The van der Waals surface area contributed by atoms with Crippen LogP contribution in [-0.2, 0) is 9.59 Å². The van der Waals surface area contributed by atoms with E-state index in [2.05, 4.69) is 10.6 Å². The summed E-state index contributed by atoms with van der Waals surface area (Å²) >= 11 is 0. The highest BCUT2D eigenvalue weighted by Gasteiger charge is 2.16. The van der Waals surface area contributed by atoms with Gasteiger partial charge in [0.25, 0.3) is 0 Å². The molecule has 0 aliphatic rings. The fourth-order valence-electron chi connectivity index (χ4n) is 1.60. The highest BCUT2D eigenvalue weighted by molar-refractivity contribution is 5.87. The molecule has 5 heteroatoms. The van der Waals surface area contributed by atoms with Crippen molar-refractivity contribution in [1.82, 2.24) is 10.6 Å². The van der Waals surface area contributed by atoms with Crippen LogP contribution in [0.25, 0.3) is 0 Å². The topological polar surface area (TPSA) is 84.2 Å². The van der Waals surface area contributed by atoms with Gasteiger partial charge in [0.05, 0.1) is 0 Å². The SMILES string of the molecule is CNC(=O)C(C)NC(=O)CC(N)c1ccccc1. The molecule has 2 unspecified atom stereocenters. The molecule has 0 aliphatic heterocycles. The first kappa shape index (κ1) is 14.2. The van der Waals surface area contributed by atoms with Crippen molar-refractivity contribution in [2.24, 2.45) is 5.73 Å². The lowest BCUT2D eigenvalue weighted by Crippen LogP contribution is -2.44. The zero-order chi connectivity index (χ0) is 13.5. The number of rotatable bonds is 5. The van der Waals surface area contributed by atoms with Crippen LogP contribution < -0.4 is 16.4 Å². The molecule has 0 aliphatic carbocycles. The first-order valence-corrected chi connectivity index (χ1v) is 5.86. The van der Waals surface area contributed by atoms with Crippen LogP contribution in [0.5, 0.6) is 0 Å². The Kier molecular flexibility index (Phi) is 5.32. The monoisotopic (exact) mass is 249 g/mol. The molecule has 2 atom stereocenters. The normalized spacial score (nSPS) is 13.5. The van der Waals surface area contributed by atoms with Gasteiger partial charge in [0.15, 0.2) is 0 Å². The number of amides is 2. The van der Waals surface area contributed by atoms with Crippen LogP contribution in [-0.4, -0.2) is 24.9 Å². The maximum Gasteiger partial charge on any atom is 0.242 e. The molecule has 0 saturated heterocycles. The van der Waals surface area contributed by atoms with E-state index in [1.165, 1.54) is 7.05 Å². The molecule has 0 spiro atoms. The van der Waals surface area contributed by atoms with E-state index in [9.17, 15) is 9.59 Å². The average molecular weight is 249 g/mol. The van der Waals surface area contributed by atoms with E-state index < -0.39 is 6.04 Å². The Morgan fingerprint density at radius 1 is 1.28 bits per heavy atom. The number of carbonyl (C=O) groups is 2. The summed E-state index contributed by atoms with van der Waals surface area (Å²) in [6.07, 6.45) is 0.158. The van der Waals surface area contributed by atoms with Crippen LogP contribution in [0.2, 0.25) is 0 Å². The molecule has 0 aromatic heterocycles. The minimum absolute atomic E-state index is 0.158. The molecule has 1 rings (SSSR count). The molecule has 5 nitrogen and oxygen atoms in total. The van der Waals surface area contributed by atoms with Gasteiger partial charge in [-0.25, -0.2) is 0 Å². The molecule has 0 fully saturated rings. The number of carbonyl (C=O) groups excluding carboxylic acids is 2. The number of nitrogens with one attached hydrogen (secondary N) is 2. The zero-order valence-corrected chi connectivity index (χ0v) is 10.6. The molecule has 1 aromatic rings. The van der Waals surface area contributed by atoms with E-state index in [4.69, 9.17) is 5.73 Å². The zero-order valence-electron chi connectivity index (χ0n) is 10.6. The van der Waals surface area contributed by atoms with Gasteiger partial charge < -0.3 is 16.4 Å². The number of likely N-dealkylation sites (N-methyl/N-ethyl adjacent to an activating group) is 1. The molecular formula is C13H19N3O2. The smallest absolute Gasteiger partial charge is 0.242 e. The van der Waals surface area contributed by atoms with Gasteiger partial charge in [-0.3, -0.25) is 9.59 Å². The lowest BCUT2D eigenvalue weighted by molar-refractivity contribution is -0.128. The average Bonchev–Trinajstić information content (AvgIpc) is 2.38. The highest BCUT2D eigenvalue weighted by Crippen LogP contribution is 2.12. The van der Waals surface area contributed by atoms with Gasteiger partial charge in [-0.05, 0) is 12.5 Å². The number of benzene rings is 1. The van der Waals surface area contributed by atoms with E-state index in [-0.39, 0.29) is 24.3 Å². The van der Waals surface area contributed by atoms with Crippen LogP contribution >= 0.6 is 0 Å². The Labute approximate surface area is 107 Å². The second kappa shape index (κ2) is 6.76. The second-order valence-electron chi connectivity index (χ2n) is 4.12. The van der Waals surface area contributed by atoms with Crippen molar-refractivity contribution in [2.45, 2.75) is 25.4 Å². The summed E-state index contributed by atoms with van der Waals surface area (Å²) in [5.74, 6) is -0.459. The molecule has 18 heavy (non-hydrogen) atoms. The molecule has 0 bridgehead atoms. The van der Waals surface area contributed by atoms with Crippen molar-refractivity contribution in [3.63, 3.8) is 0 Å². The lowest BCUT2D eigenvalue weighted by Gasteiger charge is -2.15. The van der Waals surface area contributed by atoms with Crippen LogP contribution in [0.1, 0.15) is 24.9 Å². The fraction of sp³-hybridized carbons (Fsp3) is 0.385. The molecule has 0 heterocycles. The van der Waals surface area contributed by atoms with E-state index in [0.29, 0.717) is 0 Å².